The summed E-state index contributed by atoms with van der Waals surface area (Å²) in [6.07, 6.45) is 4.83. The van der Waals surface area contributed by atoms with Crippen LogP contribution in [0.1, 0.15) is 6.92 Å². The van der Waals surface area contributed by atoms with Crippen molar-refractivity contribution in [3.8, 4) is 12.3 Å². The van der Waals surface area contributed by atoms with Gasteiger partial charge in [-0.25, -0.2) is 0 Å². The topological polar surface area (TPSA) is 17.1 Å². The number of carbonyl (C=O) groups excluding carboxylic acids is 1. The Bertz CT molecular complexity index is 112. The molecule has 0 N–H and O–H groups in total. The lowest BCUT2D eigenvalue weighted by Gasteiger charge is -1.90. The lowest BCUT2D eigenvalue weighted by molar-refractivity contribution is -0.115. The fraction of sp³-hybridized carbons (Fsp3) is 0.400. The maximum absolute atomic E-state index is 10.2. The smallest absolute Gasteiger partial charge is 0.154 e. The minimum atomic E-state index is -0.514. The summed E-state index contributed by atoms with van der Waals surface area (Å²) in [7, 11) is 0. The van der Waals surface area contributed by atoms with Gasteiger partial charge in [0.1, 0.15) is 5.25 Å². The third-order valence-electron chi connectivity index (χ3n) is 0.543. The molecule has 38 valence electrons. The quantitative estimate of drug-likeness (QED) is 0.388. The standard InChI is InChI=1S/C5H6OS/c1-3-5(7)4(2)6/h1,5,7H,2H3. The number of hydrogen-bond donors (Lipinski definition) is 1. The van der Waals surface area contributed by atoms with Gasteiger partial charge in [-0.3, -0.25) is 4.79 Å². The third kappa shape index (κ3) is 2.30. The summed E-state index contributed by atoms with van der Waals surface area (Å²) in [4.78, 5) is 10.2. The highest BCUT2D eigenvalue weighted by Crippen LogP contribution is 1.91. The van der Waals surface area contributed by atoms with Crippen molar-refractivity contribution in [3.05, 3.63) is 0 Å². The molecule has 0 saturated heterocycles. The zero-order valence-corrected chi connectivity index (χ0v) is 4.90. The molecule has 0 saturated carbocycles. The Morgan fingerprint density at radius 3 is 2.43 bits per heavy atom. The minimum absolute atomic E-state index is 0.0779. The zero-order valence-electron chi connectivity index (χ0n) is 4.01. The van der Waals surface area contributed by atoms with Gasteiger partial charge in [0.15, 0.2) is 5.78 Å². The van der Waals surface area contributed by atoms with Crippen molar-refractivity contribution in [1.82, 2.24) is 0 Å². The molecule has 0 fully saturated rings. The van der Waals surface area contributed by atoms with Crippen molar-refractivity contribution >= 4 is 18.4 Å². The number of hydrogen-bond acceptors (Lipinski definition) is 2. The fourth-order valence-electron chi connectivity index (χ4n) is 0.117. The van der Waals surface area contributed by atoms with Crippen molar-refractivity contribution in [2.75, 3.05) is 0 Å². The molecule has 0 aromatic rings. The maximum atomic E-state index is 10.2. The summed E-state index contributed by atoms with van der Waals surface area (Å²) in [6, 6.07) is 0. The van der Waals surface area contributed by atoms with Crippen LogP contribution in [0.25, 0.3) is 0 Å². The summed E-state index contributed by atoms with van der Waals surface area (Å²) in [6.45, 7) is 1.41. The molecular formula is C5H6OS. The number of ketones is 1. The first kappa shape index (κ1) is 6.58. The van der Waals surface area contributed by atoms with Crippen LogP contribution in [0.5, 0.6) is 0 Å². The molecule has 0 spiro atoms. The van der Waals surface area contributed by atoms with E-state index in [9.17, 15) is 4.79 Å². The van der Waals surface area contributed by atoms with Crippen molar-refractivity contribution in [3.63, 3.8) is 0 Å². The van der Waals surface area contributed by atoms with Gasteiger partial charge >= 0.3 is 0 Å². The van der Waals surface area contributed by atoms with Crippen molar-refractivity contribution < 1.29 is 4.79 Å². The van der Waals surface area contributed by atoms with E-state index >= 15 is 0 Å². The van der Waals surface area contributed by atoms with Crippen LogP contribution in [-0.4, -0.2) is 11.0 Å². The van der Waals surface area contributed by atoms with Gasteiger partial charge in [-0.2, -0.15) is 12.6 Å². The Hall–Kier alpha value is -0.420. The van der Waals surface area contributed by atoms with Crippen LogP contribution >= 0.6 is 12.6 Å². The lowest BCUT2D eigenvalue weighted by atomic mass is 10.3. The highest BCUT2D eigenvalue weighted by atomic mass is 32.1. The predicted molar refractivity (Wildman–Crippen MR) is 32.3 cm³/mol. The van der Waals surface area contributed by atoms with Gasteiger partial charge in [0, 0.05) is 0 Å². The molecule has 2 heteroatoms. The van der Waals surface area contributed by atoms with Gasteiger partial charge in [0.2, 0.25) is 0 Å². The molecule has 0 aromatic heterocycles. The molecule has 0 aliphatic carbocycles. The van der Waals surface area contributed by atoms with E-state index < -0.39 is 5.25 Å². The van der Waals surface area contributed by atoms with Crippen LogP contribution in [0, 0.1) is 12.3 Å². The largest absolute Gasteiger partial charge is 0.298 e. The van der Waals surface area contributed by atoms with Gasteiger partial charge in [0.05, 0.1) is 0 Å². The molecule has 0 aliphatic heterocycles. The molecule has 0 aromatic carbocycles. The summed E-state index contributed by atoms with van der Waals surface area (Å²) < 4.78 is 0. The summed E-state index contributed by atoms with van der Waals surface area (Å²) in [5, 5.41) is -0.514. The van der Waals surface area contributed by atoms with E-state index in [4.69, 9.17) is 6.42 Å². The van der Waals surface area contributed by atoms with Gasteiger partial charge < -0.3 is 0 Å². The molecule has 0 amide bonds. The number of thiol groups is 1. The molecule has 0 rings (SSSR count). The second-order valence-electron chi connectivity index (χ2n) is 1.18. The van der Waals surface area contributed by atoms with E-state index in [1.807, 2.05) is 0 Å². The highest BCUT2D eigenvalue weighted by molar-refractivity contribution is 7.82. The molecule has 0 radical (unpaired) electrons. The van der Waals surface area contributed by atoms with E-state index in [1.54, 1.807) is 0 Å². The Morgan fingerprint density at radius 2 is 2.43 bits per heavy atom. The highest BCUT2D eigenvalue weighted by Gasteiger charge is 2.00. The van der Waals surface area contributed by atoms with Gasteiger partial charge in [-0.05, 0) is 6.92 Å². The van der Waals surface area contributed by atoms with E-state index in [0.29, 0.717) is 0 Å². The zero-order chi connectivity index (χ0) is 5.86. The van der Waals surface area contributed by atoms with Crippen LogP contribution in [0.4, 0.5) is 0 Å². The summed E-state index contributed by atoms with van der Waals surface area (Å²) in [5.41, 5.74) is 0. The first-order valence-corrected chi connectivity index (χ1v) is 2.34. The van der Waals surface area contributed by atoms with E-state index in [0.717, 1.165) is 0 Å². The molecule has 0 aliphatic rings. The van der Waals surface area contributed by atoms with Crippen LogP contribution in [-0.2, 0) is 4.79 Å². The van der Waals surface area contributed by atoms with Crippen LogP contribution in [0.2, 0.25) is 0 Å². The van der Waals surface area contributed by atoms with E-state index in [2.05, 4.69) is 18.5 Å². The maximum Gasteiger partial charge on any atom is 0.154 e. The summed E-state index contributed by atoms with van der Waals surface area (Å²) in [5.74, 6) is 2.10. The van der Waals surface area contributed by atoms with Gasteiger partial charge in [-0.15, -0.1) is 6.42 Å². The third-order valence-corrected chi connectivity index (χ3v) is 1.06. The normalized spacial score (nSPS) is 12.1. The SMILES string of the molecule is C#CC(S)C(C)=O. The van der Waals surface area contributed by atoms with E-state index in [-0.39, 0.29) is 5.78 Å². The lowest BCUT2D eigenvalue weighted by Crippen LogP contribution is -2.05. The molecule has 1 nitrogen and oxygen atoms in total. The molecule has 0 bridgehead atoms. The molecule has 1 atom stereocenters. The predicted octanol–water partition coefficient (Wildman–Crippen LogP) is 0.507. The Morgan fingerprint density at radius 1 is 2.00 bits per heavy atom. The van der Waals surface area contributed by atoms with Gasteiger partial charge in [-0.1, -0.05) is 5.92 Å². The average Bonchev–Trinajstić information content (AvgIpc) is 1.65. The average molecular weight is 114 g/mol. The number of rotatable bonds is 1. The first-order chi connectivity index (χ1) is 3.18. The first-order valence-electron chi connectivity index (χ1n) is 1.83. The monoisotopic (exact) mass is 114 g/mol. The van der Waals surface area contributed by atoms with Crippen LogP contribution < -0.4 is 0 Å². The molecule has 7 heavy (non-hydrogen) atoms. The minimum Gasteiger partial charge on any atom is -0.298 e. The Balaban J connectivity index is 3.63. The fourth-order valence-corrected chi connectivity index (χ4v) is 0.117. The molecular weight excluding hydrogens is 108 g/mol. The van der Waals surface area contributed by atoms with Crippen molar-refractivity contribution in [1.29, 1.82) is 0 Å². The second-order valence-corrected chi connectivity index (χ2v) is 1.70. The van der Waals surface area contributed by atoms with E-state index in [1.165, 1.54) is 6.92 Å². The van der Waals surface area contributed by atoms with Crippen molar-refractivity contribution in [2.24, 2.45) is 0 Å². The van der Waals surface area contributed by atoms with Gasteiger partial charge in [0.25, 0.3) is 0 Å². The number of carbonyl (C=O) groups is 1. The number of Topliss-reactive ketones (excluding diaryl/α,β-unsaturated/α-hetero) is 1. The Labute approximate surface area is 48.5 Å². The van der Waals surface area contributed by atoms with Crippen LogP contribution in [0.15, 0.2) is 0 Å². The molecule has 0 heterocycles. The summed E-state index contributed by atoms with van der Waals surface area (Å²) >= 11 is 3.74. The van der Waals surface area contributed by atoms with Crippen molar-refractivity contribution in [2.45, 2.75) is 12.2 Å². The van der Waals surface area contributed by atoms with Crippen LogP contribution in [0.3, 0.4) is 0 Å². The molecule has 1 unspecified atom stereocenters. The second kappa shape index (κ2) is 2.70. The number of terminal acetylenes is 1. The Kier molecular flexibility index (Phi) is 2.54.